The molecule has 0 bridgehead atoms. The van der Waals surface area contributed by atoms with Crippen LogP contribution in [0.25, 0.3) is 0 Å². The van der Waals surface area contributed by atoms with E-state index in [0.29, 0.717) is 13.1 Å². The summed E-state index contributed by atoms with van der Waals surface area (Å²) in [6.07, 6.45) is 1.67. The lowest BCUT2D eigenvalue weighted by Crippen LogP contribution is -2.38. The molecule has 0 aliphatic rings. The predicted octanol–water partition coefficient (Wildman–Crippen LogP) is 0.924. The molecule has 0 saturated carbocycles. The highest BCUT2D eigenvalue weighted by molar-refractivity contribution is 5.79. The van der Waals surface area contributed by atoms with Crippen molar-refractivity contribution in [1.82, 2.24) is 25.0 Å². The average Bonchev–Trinajstić information content (AvgIpc) is 3.04. The molecule has 0 amide bonds. The number of aliphatic imine (C=N–C) groups is 1. The summed E-state index contributed by atoms with van der Waals surface area (Å²) in [5, 5.41) is 11.4. The fraction of sp³-hybridized carbons (Fsp3) is 0.462. The van der Waals surface area contributed by atoms with Gasteiger partial charge in [-0.15, -0.1) is 10.2 Å². The molecule has 2 rings (SSSR count). The molecule has 2 aromatic heterocycles. The second-order valence-corrected chi connectivity index (χ2v) is 4.56. The van der Waals surface area contributed by atoms with Gasteiger partial charge in [-0.05, 0) is 19.1 Å². The van der Waals surface area contributed by atoms with Crippen molar-refractivity contribution in [1.29, 1.82) is 0 Å². The second-order valence-electron chi connectivity index (χ2n) is 4.56. The third-order valence-electron chi connectivity index (χ3n) is 3.13. The van der Waals surface area contributed by atoms with Crippen LogP contribution in [-0.2, 0) is 20.1 Å². The Kier molecular flexibility index (Phi) is 4.39. The van der Waals surface area contributed by atoms with Gasteiger partial charge in [0.2, 0.25) is 0 Å². The van der Waals surface area contributed by atoms with Crippen LogP contribution < -0.4 is 5.32 Å². The highest BCUT2D eigenvalue weighted by atomic mass is 16.3. The molecule has 20 heavy (non-hydrogen) atoms. The van der Waals surface area contributed by atoms with Crippen molar-refractivity contribution in [3.8, 4) is 0 Å². The SMILES string of the molecule is CN=C(NCc1nnc(C)n1C)N(C)Cc1ccco1. The molecule has 1 N–H and O–H groups in total. The zero-order chi connectivity index (χ0) is 14.5. The number of furan rings is 1. The van der Waals surface area contributed by atoms with E-state index in [-0.39, 0.29) is 0 Å². The van der Waals surface area contributed by atoms with Crippen LogP contribution in [0.4, 0.5) is 0 Å². The Labute approximate surface area is 118 Å². The molecule has 0 fully saturated rings. The van der Waals surface area contributed by atoms with Gasteiger partial charge in [-0.1, -0.05) is 0 Å². The Hall–Kier alpha value is -2.31. The molecule has 0 spiro atoms. The van der Waals surface area contributed by atoms with Gasteiger partial charge in [0.1, 0.15) is 11.6 Å². The summed E-state index contributed by atoms with van der Waals surface area (Å²) >= 11 is 0. The summed E-state index contributed by atoms with van der Waals surface area (Å²) in [7, 11) is 5.66. The summed E-state index contributed by atoms with van der Waals surface area (Å²) in [5.41, 5.74) is 0. The molecule has 7 heteroatoms. The number of hydrogen-bond donors (Lipinski definition) is 1. The Morgan fingerprint density at radius 3 is 2.85 bits per heavy atom. The summed E-state index contributed by atoms with van der Waals surface area (Å²) in [6.45, 7) is 3.16. The van der Waals surface area contributed by atoms with E-state index in [0.717, 1.165) is 23.4 Å². The van der Waals surface area contributed by atoms with Crippen LogP contribution in [-0.4, -0.2) is 39.7 Å². The maximum Gasteiger partial charge on any atom is 0.194 e. The monoisotopic (exact) mass is 276 g/mol. The standard InChI is InChI=1S/C13H20N6O/c1-10-16-17-12(19(10)4)8-15-13(14-2)18(3)9-11-6-5-7-20-11/h5-7H,8-9H2,1-4H3,(H,14,15). The van der Waals surface area contributed by atoms with Crippen molar-refractivity contribution in [3.05, 3.63) is 35.8 Å². The van der Waals surface area contributed by atoms with Gasteiger partial charge in [0, 0.05) is 21.1 Å². The molecule has 7 nitrogen and oxygen atoms in total. The van der Waals surface area contributed by atoms with Gasteiger partial charge in [-0.3, -0.25) is 4.99 Å². The van der Waals surface area contributed by atoms with Gasteiger partial charge >= 0.3 is 0 Å². The van der Waals surface area contributed by atoms with Gasteiger partial charge in [0.25, 0.3) is 0 Å². The van der Waals surface area contributed by atoms with Crippen LogP contribution in [0.15, 0.2) is 27.8 Å². The summed E-state index contributed by atoms with van der Waals surface area (Å²) in [4.78, 5) is 6.24. The first-order valence-electron chi connectivity index (χ1n) is 6.41. The van der Waals surface area contributed by atoms with Gasteiger partial charge < -0.3 is 19.2 Å². The third kappa shape index (κ3) is 3.17. The zero-order valence-corrected chi connectivity index (χ0v) is 12.3. The number of hydrogen-bond acceptors (Lipinski definition) is 4. The van der Waals surface area contributed by atoms with Crippen molar-refractivity contribution in [3.63, 3.8) is 0 Å². The first kappa shape index (κ1) is 14.1. The summed E-state index contributed by atoms with van der Waals surface area (Å²) < 4.78 is 7.28. The molecule has 2 aromatic rings. The lowest BCUT2D eigenvalue weighted by molar-refractivity contribution is 0.399. The average molecular weight is 276 g/mol. The minimum Gasteiger partial charge on any atom is -0.467 e. The van der Waals surface area contributed by atoms with Crippen LogP contribution in [0, 0.1) is 6.92 Å². The molecule has 0 radical (unpaired) electrons. The van der Waals surface area contributed by atoms with E-state index in [1.54, 1.807) is 13.3 Å². The quantitative estimate of drug-likeness (QED) is 0.664. The summed E-state index contributed by atoms with van der Waals surface area (Å²) in [6, 6.07) is 3.82. The van der Waals surface area contributed by atoms with Crippen LogP contribution in [0.2, 0.25) is 0 Å². The van der Waals surface area contributed by atoms with Crippen LogP contribution in [0.3, 0.4) is 0 Å². The van der Waals surface area contributed by atoms with Crippen molar-refractivity contribution in [2.24, 2.45) is 12.0 Å². The number of guanidine groups is 1. The third-order valence-corrected chi connectivity index (χ3v) is 3.13. The minimum atomic E-state index is 0.576. The molecule has 0 aromatic carbocycles. The van der Waals surface area contributed by atoms with Crippen molar-refractivity contribution in [2.45, 2.75) is 20.0 Å². The molecule has 0 aliphatic heterocycles. The van der Waals surface area contributed by atoms with E-state index in [1.165, 1.54) is 0 Å². The highest BCUT2D eigenvalue weighted by Crippen LogP contribution is 2.04. The minimum absolute atomic E-state index is 0.576. The largest absolute Gasteiger partial charge is 0.467 e. The molecule has 0 unspecified atom stereocenters. The van der Waals surface area contributed by atoms with E-state index >= 15 is 0 Å². The fourth-order valence-corrected chi connectivity index (χ4v) is 1.86. The Balaban J connectivity index is 1.94. The molecule has 0 aliphatic carbocycles. The zero-order valence-electron chi connectivity index (χ0n) is 12.3. The molecule has 2 heterocycles. The summed E-state index contributed by atoms with van der Waals surface area (Å²) in [5.74, 6) is 3.43. The maximum atomic E-state index is 5.33. The second kappa shape index (κ2) is 6.23. The Bertz CT molecular complexity index is 572. The van der Waals surface area contributed by atoms with Crippen LogP contribution in [0.5, 0.6) is 0 Å². The topological polar surface area (TPSA) is 71.5 Å². The Morgan fingerprint density at radius 2 is 2.30 bits per heavy atom. The molecule has 0 atom stereocenters. The van der Waals surface area contributed by atoms with Crippen molar-refractivity contribution < 1.29 is 4.42 Å². The molecule has 0 saturated heterocycles. The van der Waals surface area contributed by atoms with Crippen molar-refractivity contribution in [2.75, 3.05) is 14.1 Å². The number of aryl methyl sites for hydroxylation is 1. The van der Waals surface area contributed by atoms with E-state index in [1.807, 2.05) is 42.6 Å². The fourth-order valence-electron chi connectivity index (χ4n) is 1.86. The predicted molar refractivity (Wildman–Crippen MR) is 76.1 cm³/mol. The van der Waals surface area contributed by atoms with Gasteiger partial charge in [-0.2, -0.15) is 0 Å². The number of rotatable bonds is 4. The lowest BCUT2D eigenvalue weighted by atomic mass is 10.4. The normalized spacial score (nSPS) is 11.7. The van der Waals surface area contributed by atoms with Crippen molar-refractivity contribution >= 4 is 5.96 Å². The van der Waals surface area contributed by atoms with E-state index < -0.39 is 0 Å². The maximum absolute atomic E-state index is 5.33. The first-order valence-corrected chi connectivity index (χ1v) is 6.41. The molecule has 108 valence electrons. The smallest absolute Gasteiger partial charge is 0.194 e. The molecular formula is C13H20N6O. The number of nitrogens with zero attached hydrogens (tertiary/aromatic N) is 5. The van der Waals surface area contributed by atoms with Gasteiger partial charge in [-0.25, -0.2) is 0 Å². The molecular weight excluding hydrogens is 256 g/mol. The van der Waals surface area contributed by atoms with Gasteiger partial charge in [0.15, 0.2) is 11.8 Å². The van der Waals surface area contributed by atoms with Crippen LogP contribution in [0.1, 0.15) is 17.4 Å². The highest BCUT2D eigenvalue weighted by Gasteiger charge is 2.10. The van der Waals surface area contributed by atoms with E-state index in [9.17, 15) is 0 Å². The number of nitrogens with one attached hydrogen (secondary N) is 1. The lowest BCUT2D eigenvalue weighted by Gasteiger charge is -2.20. The van der Waals surface area contributed by atoms with E-state index in [2.05, 4.69) is 20.5 Å². The van der Waals surface area contributed by atoms with E-state index in [4.69, 9.17) is 4.42 Å². The van der Waals surface area contributed by atoms with Crippen LogP contribution >= 0.6 is 0 Å². The number of aromatic nitrogens is 3. The first-order chi connectivity index (χ1) is 9.61. The Morgan fingerprint density at radius 1 is 1.50 bits per heavy atom. The van der Waals surface area contributed by atoms with Gasteiger partial charge in [0.05, 0.1) is 19.4 Å².